The van der Waals surface area contributed by atoms with Gasteiger partial charge in [0.15, 0.2) is 0 Å². The molecule has 0 aliphatic heterocycles. The molecule has 1 N–H and O–H groups in total. The first kappa shape index (κ1) is 12.1. The molecule has 16 heavy (non-hydrogen) atoms. The quantitative estimate of drug-likeness (QED) is 0.853. The Kier molecular flexibility index (Phi) is 4.36. The van der Waals surface area contributed by atoms with Gasteiger partial charge in [-0.3, -0.25) is 0 Å². The molecule has 1 heterocycles. The predicted molar refractivity (Wildman–Crippen MR) is 70.2 cm³/mol. The SMILES string of the molecule is CCCC1CCc2nc(CCNC)sc2C1. The van der Waals surface area contributed by atoms with Gasteiger partial charge in [0.2, 0.25) is 0 Å². The molecular formula is C13H22N2S. The monoisotopic (exact) mass is 238 g/mol. The van der Waals surface area contributed by atoms with Crippen molar-refractivity contribution in [1.82, 2.24) is 10.3 Å². The number of nitrogens with one attached hydrogen (secondary N) is 1. The number of hydrogen-bond acceptors (Lipinski definition) is 3. The van der Waals surface area contributed by atoms with Gasteiger partial charge in [0.1, 0.15) is 0 Å². The fourth-order valence-electron chi connectivity index (χ4n) is 2.49. The fourth-order valence-corrected chi connectivity index (χ4v) is 3.72. The first-order valence-corrected chi connectivity index (χ1v) is 7.27. The van der Waals surface area contributed by atoms with Gasteiger partial charge in [-0.2, -0.15) is 0 Å². The highest BCUT2D eigenvalue weighted by Gasteiger charge is 2.21. The Bertz CT molecular complexity index is 333. The number of aryl methyl sites for hydroxylation is 1. The Morgan fingerprint density at radius 3 is 3.12 bits per heavy atom. The van der Waals surface area contributed by atoms with E-state index in [1.807, 2.05) is 18.4 Å². The third-order valence-electron chi connectivity index (χ3n) is 3.37. The van der Waals surface area contributed by atoms with E-state index in [0.29, 0.717) is 0 Å². The minimum atomic E-state index is 0.926. The summed E-state index contributed by atoms with van der Waals surface area (Å²) >= 11 is 1.95. The minimum Gasteiger partial charge on any atom is -0.319 e. The third-order valence-corrected chi connectivity index (χ3v) is 4.55. The van der Waals surface area contributed by atoms with Crippen LogP contribution in [0.1, 0.15) is 41.8 Å². The van der Waals surface area contributed by atoms with Crippen molar-refractivity contribution in [2.45, 2.75) is 45.4 Å². The van der Waals surface area contributed by atoms with Crippen LogP contribution in [-0.2, 0) is 19.3 Å². The zero-order chi connectivity index (χ0) is 11.4. The van der Waals surface area contributed by atoms with Gasteiger partial charge >= 0.3 is 0 Å². The fraction of sp³-hybridized carbons (Fsp3) is 0.769. The van der Waals surface area contributed by atoms with Crippen LogP contribution in [0.15, 0.2) is 0 Å². The summed E-state index contributed by atoms with van der Waals surface area (Å²) < 4.78 is 0. The summed E-state index contributed by atoms with van der Waals surface area (Å²) in [5.74, 6) is 0.926. The Morgan fingerprint density at radius 1 is 1.50 bits per heavy atom. The molecule has 2 rings (SSSR count). The Balaban J connectivity index is 1.99. The summed E-state index contributed by atoms with van der Waals surface area (Å²) in [6.07, 6.45) is 7.67. The van der Waals surface area contributed by atoms with Gasteiger partial charge in [-0.25, -0.2) is 4.98 Å². The molecule has 0 aromatic carbocycles. The van der Waals surface area contributed by atoms with E-state index in [9.17, 15) is 0 Å². The lowest BCUT2D eigenvalue weighted by Crippen LogP contribution is -2.12. The highest BCUT2D eigenvalue weighted by Crippen LogP contribution is 2.32. The molecule has 0 saturated carbocycles. The largest absolute Gasteiger partial charge is 0.319 e. The second kappa shape index (κ2) is 5.78. The molecule has 90 valence electrons. The number of likely N-dealkylation sites (N-methyl/N-ethyl adjacent to an activating group) is 1. The van der Waals surface area contributed by atoms with Gasteiger partial charge in [0, 0.05) is 17.8 Å². The van der Waals surface area contributed by atoms with E-state index in [1.54, 1.807) is 4.88 Å². The van der Waals surface area contributed by atoms with Crippen molar-refractivity contribution in [2.75, 3.05) is 13.6 Å². The second-order valence-electron chi connectivity index (χ2n) is 4.73. The second-order valence-corrected chi connectivity index (χ2v) is 5.90. The summed E-state index contributed by atoms with van der Waals surface area (Å²) in [6.45, 7) is 3.34. The third kappa shape index (κ3) is 2.83. The van der Waals surface area contributed by atoms with Crippen LogP contribution >= 0.6 is 11.3 Å². The first-order valence-electron chi connectivity index (χ1n) is 6.45. The van der Waals surface area contributed by atoms with Crippen molar-refractivity contribution in [2.24, 2.45) is 5.92 Å². The van der Waals surface area contributed by atoms with Gasteiger partial charge in [-0.05, 0) is 32.2 Å². The van der Waals surface area contributed by atoms with E-state index in [4.69, 9.17) is 4.98 Å². The Morgan fingerprint density at radius 2 is 2.38 bits per heavy atom. The number of hydrogen-bond donors (Lipinski definition) is 1. The topological polar surface area (TPSA) is 24.9 Å². The molecule has 0 spiro atoms. The summed E-state index contributed by atoms with van der Waals surface area (Å²) in [4.78, 5) is 6.34. The molecule has 1 aliphatic rings. The van der Waals surface area contributed by atoms with Gasteiger partial charge in [-0.15, -0.1) is 11.3 Å². The molecule has 1 unspecified atom stereocenters. The predicted octanol–water partition coefficient (Wildman–Crippen LogP) is 2.81. The van der Waals surface area contributed by atoms with Crippen LogP contribution < -0.4 is 5.32 Å². The lowest BCUT2D eigenvalue weighted by molar-refractivity contribution is 0.423. The summed E-state index contributed by atoms with van der Waals surface area (Å²) in [7, 11) is 2.00. The van der Waals surface area contributed by atoms with E-state index in [-0.39, 0.29) is 0 Å². The molecule has 0 fully saturated rings. The number of nitrogens with zero attached hydrogens (tertiary/aromatic N) is 1. The zero-order valence-electron chi connectivity index (χ0n) is 10.4. The smallest absolute Gasteiger partial charge is 0.0943 e. The molecule has 0 radical (unpaired) electrons. The van der Waals surface area contributed by atoms with Crippen molar-refractivity contribution in [3.63, 3.8) is 0 Å². The van der Waals surface area contributed by atoms with E-state index < -0.39 is 0 Å². The van der Waals surface area contributed by atoms with E-state index >= 15 is 0 Å². The molecule has 0 amide bonds. The number of rotatable bonds is 5. The summed E-state index contributed by atoms with van der Waals surface area (Å²) in [6, 6.07) is 0. The van der Waals surface area contributed by atoms with E-state index in [1.165, 1.54) is 42.8 Å². The van der Waals surface area contributed by atoms with Crippen molar-refractivity contribution in [3.05, 3.63) is 15.6 Å². The van der Waals surface area contributed by atoms with Crippen LogP contribution in [0, 0.1) is 5.92 Å². The van der Waals surface area contributed by atoms with Crippen LogP contribution in [0.3, 0.4) is 0 Å². The van der Waals surface area contributed by atoms with Gasteiger partial charge < -0.3 is 5.32 Å². The molecule has 0 saturated heterocycles. The Hall–Kier alpha value is -0.410. The van der Waals surface area contributed by atoms with Gasteiger partial charge in [0.25, 0.3) is 0 Å². The average Bonchev–Trinajstić information content (AvgIpc) is 2.68. The van der Waals surface area contributed by atoms with E-state index in [0.717, 1.165) is 18.9 Å². The number of fused-ring (bicyclic) bond motifs is 1. The standard InChI is InChI=1S/C13H22N2S/c1-3-4-10-5-6-11-12(9-10)16-13(15-11)7-8-14-2/h10,14H,3-9H2,1-2H3. The highest BCUT2D eigenvalue weighted by molar-refractivity contribution is 7.11. The molecule has 1 aliphatic carbocycles. The maximum absolute atomic E-state index is 4.76. The maximum atomic E-state index is 4.76. The lowest BCUT2D eigenvalue weighted by Gasteiger charge is -2.20. The van der Waals surface area contributed by atoms with E-state index in [2.05, 4.69) is 12.2 Å². The number of aromatic nitrogens is 1. The molecule has 2 nitrogen and oxygen atoms in total. The van der Waals surface area contributed by atoms with Crippen molar-refractivity contribution >= 4 is 11.3 Å². The lowest BCUT2D eigenvalue weighted by atomic mass is 9.88. The molecule has 3 heteroatoms. The maximum Gasteiger partial charge on any atom is 0.0943 e. The van der Waals surface area contributed by atoms with Crippen LogP contribution in [0.5, 0.6) is 0 Å². The van der Waals surface area contributed by atoms with Crippen LogP contribution in [0.25, 0.3) is 0 Å². The molecule has 1 atom stereocenters. The average molecular weight is 238 g/mol. The van der Waals surface area contributed by atoms with Crippen LogP contribution in [-0.4, -0.2) is 18.6 Å². The highest BCUT2D eigenvalue weighted by atomic mass is 32.1. The van der Waals surface area contributed by atoms with Gasteiger partial charge in [-0.1, -0.05) is 19.8 Å². The first-order chi connectivity index (χ1) is 7.83. The van der Waals surface area contributed by atoms with Crippen LogP contribution in [0.2, 0.25) is 0 Å². The molecule has 0 bridgehead atoms. The molecular weight excluding hydrogens is 216 g/mol. The number of thiazole rings is 1. The van der Waals surface area contributed by atoms with Crippen molar-refractivity contribution in [1.29, 1.82) is 0 Å². The minimum absolute atomic E-state index is 0.926. The normalized spacial score (nSPS) is 19.8. The zero-order valence-corrected chi connectivity index (χ0v) is 11.2. The summed E-state index contributed by atoms with van der Waals surface area (Å²) in [5, 5.41) is 4.52. The Labute approximate surface area is 102 Å². The van der Waals surface area contributed by atoms with Gasteiger partial charge in [0.05, 0.1) is 10.7 Å². The molecule has 1 aromatic rings. The molecule has 1 aromatic heterocycles. The summed E-state index contributed by atoms with van der Waals surface area (Å²) in [5.41, 5.74) is 1.41. The van der Waals surface area contributed by atoms with Crippen LogP contribution in [0.4, 0.5) is 0 Å². The van der Waals surface area contributed by atoms with Crippen molar-refractivity contribution < 1.29 is 0 Å². The van der Waals surface area contributed by atoms with Crippen molar-refractivity contribution in [3.8, 4) is 0 Å².